The third-order valence-electron chi connectivity index (χ3n) is 3.66. The lowest BCUT2D eigenvalue weighted by Crippen LogP contribution is -2.30. The summed E-state index contributed by atoms with van der Waals surface area (Å²) in [6.07, 6.45) is 6.46. The van der Waals surface area contributed by atoms with E-state index in [2.05, 4.69) is 11.8 Å². The largest absolute Gasteiger partial charge is 0.492 e. The predicted octanol–water partition coefficient (Wildman–Crippen LogP) is 4.29. The fourth-order valence-corrected chi connectivity index (χ4v) is 2.70. The molecule has 0 atom stereocenters. The first-order valence-corrected chi connectivity index (χ1v) is 7.75. The predicted molar refractivity (Wildman–Crippen MR) is 81.2 cm³/mol. The first kappa shape index (κ1) is 14.7. The van der Waals surface area contributed by atoms with Gasteiger partial charge in [-0.1, -0.05) is 24.1 Å². The van der Waals surface area contributed by atoms with E-state index < -0.39 is 0 Å². The van der Waals surface area contributed by atoms with Gasteiger partial charge < -0.3 is 9.64 Å². The van der Waals surface area contributed by atoms with Crippen LogP contribution < -0.4 is 4.74 Å². The number of unbranched alkanes of at least 4 members (excludes halogenated alkanes) is 1. The molecule has 0 spiro atoms. The first-order valence-electron chi connectivity index (χ1n) is 7.37. The summed E-state index contributed by atoms with van der Waals surface area (Å²) in [4.78, 5) is 2.57. The van der Waals surface area contributed by atoms with Crippen molar-refractivity contribution in [3.8, 4) is 5.75 Å². The van der Waals surface area contributed by atoms with Gasteiger partial charge in [0.15, 0.2) is 0 Å². The molecule has 1 fully saturated rings. The van der Waals surface area contributed by atoms with Gasteiger partial charge in [0.25, 0.3) is 0 Å². The maximum Gasteiger partial charge on any atom is 0.138 e. The Morgan fingerprint density at radius 3 is 2.74 bits per heavy atom. The maximum absolute atomic E-state index is 6.10. The Labute approximate surface area is 121 Å². The van der Waals surface area contributed by atoms with Crippen LogP contribution in [0.25, 0.3) is 0 Å². The second-order valence-corrected chi connectivity index (χ2v) is 5.80. The van der Waals surface area contributed by atoms with Crippen LogP contribution in [-0.4, -0.2) is 31.1 Å². The fourth-order valence-electron chi connectivity index (χ4n) is 2.52. The Bertz CT molecular complexity index is 388. The topological polar surface area (TPSA) is 12.5 Å². The third-order valence-corrected chi connectivity index (χ3v) is 3.97. The van der Waals surface area contributed by atoms with Crippen molar-refractivity contribution in [1.82, 2.24) is 4.90 Å². The molecule has 0 radical (unpaired) electrons. The molecule has 106 valence electrons. The van der Waals surface area contributed by atoms with E-state index in [1.165, 1.54) is 50.9 Å². The van der Waals surface area contributed by atoms with Gasteiger partial charge >= 0.3 is 0 Å². The summed E-state index contributed by atoms with van der Waals surface area (Å²) in [6, 6.07) is 5.92. The van der Waals surface area contributed by atoms with E-state index in [0.29, 0.717) is 5.02 Å². The zero-order valence-corrected chi connectivity index (χ0v) is 12.6. The van der Waals surface area contributed by atoms with Crippen molar-refractivity contribution in [1.29, 1.82) is 0 Å². The molecule has 2 nitrogen and oxygen atoms in total. The van der Waals surface area contributed by atoms with E-state index in [-0.39, 0.29) is 0 Å². The molecular weight excluding hydrogens is 258 g/mol. The zero-order valence-electron chi connectivity index (χ0n) is 11.8. The molecule has 0 saturated carbocycles. The molecule has 1 saturated heterocycles. The van der Waals surface area contributed by atoms with Crippen molar-refractivity contribution < 1.29 is 4.74 Å². The number of halogens is 1. The van der Waals surface area contributed by atoms with E-state index in [0.717, 1.165) is 18.8 Å². The molecular formula is C16H24ClNO. The van der Waals surface area contributed by atoms with E-state index in [4.69, 9.17) is 16.3 Å². The molecule has 0 bridgehead atoms. The number of aryl methyl sites for hydroxylation is 1. The molecule has 1 heterocycles. The van der Waals surface area contributed by atoms with Crippen molar-refractivity contribution in [2.45, 2.75) is 39.0 Å². The number of nitrogens with zero attached hydrogens (tertiary/aromatic N) is 1. The Hall–Kier alpha value is -0.730. The summed E-state index contributed by atoms with van der Waals surface area (Å²) < 4.78 is 5.76. The molecule has 1 aromatic carbocycles. The summed E-state index contributed by atoms with van der Waals surface area (Å²) in [5.74, 6) is 0.819. The van der Waals surface area contributed by atoms with Crippen molar-refractivity contribution in [2.24, 2.45) is 0 Å². The van der Waals surface area contributed by atoms with Gasteiger partial charge in [-0.15, -0.1) is 0 Å². The number of hydrogen-bond donors (Lipinski definition) is 0. The van der Waals surface area contributed by atoms with Gasteiger partial charge in [0.05, 0.1) is 11.6 Å². The van der Waals surface area contributed by atoms with E-state index in [1.54, 1.807) is 0 Å². The average Bonchev–Trinajstić information content (AvgIpc) is 2.43. The highest BCUT2D eigenvalue weighted by Gasteiger charge is 2.09. The molecule has 0 aliphatic carbocycles. The summed E-state index contributed by atoms with van der Waals surface area (Å²) in [6.45, 7) is 6.59. The highest BCUT2D eigenvalue weighted by Crippen LogP contribution is 2.25. The van der Waals surface area contributed by atoms with Crippen LogP contribution in [0.5, 0.6) is 5.75 Å². The molecule has 0 amide bonds. The second-order valence-electron chi connectivity index (χ2n) is 5.39. The lowest BCUT2D eigenvalue weighted by molar-refractivity contribution is 0.216. The number of benzene rings is 1. The van der Waals surface area contributed by atoms with Gasteiger partial charge in [0.1, 0.15) is 5.75 Å². The Morgan fingerprint density at radius 1 is 1.16 bits per heavy atom. The average molecular weight is 282 g/mol. The summed E-state index contributed by atoms with van der Waals surface area (Å²) in [5.41, 5.74) is 1.19. The quantitative estimate of drug-likeness (QED) is 0.721. The first-order chi connectivity index (χ1) is 9.25. The van der Waals surface area contributed by atoms with Crippen LogP contribution in [-0.2, 0) is 0 Å². The fraction of sp³-hybridized carbons (Fsp3) is 0.625. The van der Waals surface area contributed by atoms with E-state index in [9.17, 15) is 0 Å². The second kappa shape index (κ2) is 7.76. The van der Waals surface area contributed by atoms with Gasteiger partial charge in [-0.25, -0.2) is 0 Å². The number of rotatable bonds is 6. The van der Waals surface area contributed by atoms with Crippen LogP contribution >= 0.6 is 11.6 Å². The standard InChI is InChI=1S/C16H24ClNO/c1-14-7-8-15(17)16(13-14)19-12-6-5-11-18-9-3-2-4-10-18/h7-8,13H,2-6,9-12H2,1H3. The molecule has 2 rings (SSSR count). The highest BCUT2D eigenvalue weighted by atomic mass is 35.5. The van der Waals surface area contributed by atoms with Crippen LogP contribution in [0, 0.1) is 6.92 Å². The molecule has 19 heavy (non-hydrogen) atoms. The number of likely N-dealkylation sites (tertiary alicyclic amines) is 1. The summed E-state index contributed by atoms with van der Waals surface area (Å²) in [5, 5.41) is 0.710. The lowest BCUT2D eigenvalue weighted by Gasteiger charge is -2.26. The maximum atomic E-state index is 6.10. The molecule has 0 unspecified atom stereocenters. The molecule has 1 aliphatic heterocycles. The van der Waals surface area contributed by atoms with Crippen LogP contribution in [0.1, 0.15) is 37.7 Å². The molecule has 0 aromatic heterocycles. The third kappa shape index (κ3) is 5.04. The highest BCUT2D eigenvalue weighted by molar-refractivity contribution is 6.32. The van der Waals surface area contributed by atoms with Crippen molar-refractivity contribution in [2.75, 3.05) is 26.2 Å². The smallest absolute Gasteiger partial charge is 0.138 e. The Morgan fingerprint density at radius 2 is 1.95 bits per heavy atom. The molecule has 1 aliphatic rings. The van der Waals surface area contributed by atoms with Crippen LogP contribution in [0.15, 0.2) is 18.2 Å². The lowest BCUT2D eigenvalue weighted by atomic mass is 10.1. The van der Waals surface area contributed by atoms with Gasteiger partial charge in [0.2, 0.25) is 0 Å². The van der Waals surface area contributed by atoms with E-state index in [1.807, 2.05) is 18.2 Å². The van der Waals surface area contributed by atoms with E-state index >= 15 is 0 Å². The summed E-state index contributed by atoms with van der Waals surface area (Å²) in [7, 11) is 0. The monoisotopic (exact) mass is 281 g/mol. The number of ether oxygens (including phenoxy) is 1. The van der Waals surface area contributed by atoms with Crippen LogP contribution in [0.2, 0.25) is 5.02 Å². The molecule has 0 N–H and O–H groups in total. The van der Waals surface area contributed by atoms with Gasteiger partial charge in [-0.05, 0) is 69.9 Å². The van der Waals surface area contributed by atoms with Crippen LogP contribution in [0.3, 0.4) is 0 Å². The van der Waals surface area contributed by atoms with Gasteiger partial charge in [0, 0.05) is 0 Å². The summed E-state index contributed by atoms with van der Waals surface area (Å²) >= 11 is 6.10. The Kier molecular flexibility index (Phi) is 5.99. The number of hydrogen-bond acceptors (Lipinski definition) is 2. The van der Waals surface area contributed by atoms with Gasteiger partial charge in [-0.2, -0.15) is 0 Å². The van der Waals surface area contributed by atoms with Crippen molar-refractivity contribution >= 4 is 11.6 Å². The van der Waals surface area contributed by atoms with Crippen LogP contribution in [0.4, 0.5) is 0 Å². The van der Waals surface area contributed by atoms with Crippen molar-refractivity contribution in [3.63, 3.8) is 0 Å². The Balaban J connectivity index is 1.62. The normalized spacial score (nSPS) is 16.5. The molecule has 3 heteroatoms. The minimum atomic E-state index is 0.710. The van der Waals surface area contributed by atoms with Gasteiger partial charge in [-0.3, -0.25) is 0 Å². The number of piperidine rings is 1. The minimum Gasteiger partial charge on any atom is -0.492 e. The van der Waals surface area contributed by atoms with Crippen molar-refractivity contribution in [3.05, 3.63) is 28.8 Å². The minimum absolute atomic E-state index is 0.710. The molecule has 1 aromatic rings. The zero-order chi connectivity index (χ0) is 13.5. The SMILES string of the molecule is Cc1ccc(Cl)c(OCCCCN2CCCCC2)c1.